The summed E-state index contributed by atoms with van der Waals surface area (Å²) >= 11 is 12.0. The van der Waals surface area contributed by atoms with Crippen molar-refractivity contribution in [3.63, 3.8) is 0 Å². The van der Waals surface area contributed by atoms with Gasteiger partial charge in [-0.1, -0.05) is 35.3 Å². The molecule has 6 nitrogen and oxygen atoms in total. The van der Waals surface area contributed by atoms with Crippen molar-refractivity contribution in [1.29, 1.82) is 0 Å². The summed E-state index contributed by atoms with van der Waals surface area (Å²) in [4.78, 5) is 38.2. The van der Waals surface area contributed by atoms with E-state index in [2.05, 4.69) is 10.9 Å². The van der Waals surface area contributed by atoms with E-state index in [4.69, 9.17) is 23.2 Å². The van der Waals surface area contributed by atoms with Gasteiger partial charge in [0, 0.05) is 18.0 Å². The fraction of sp³-hybridized carbons (Fsp3) is 0.167. The molecule has 0 aromatic heterocycles. The molecule has 8 heteroatoms. The molecule has 26 heavy (non-hydrogen) atoms. The molecule has 0 unspecified atom stereocenters. The van der Waals surface area contributed by atoms with Crippen LogP contribution in [0.1, 0.15) is 33.6 Å². The van der Waals surface area contributed by atoms with Crippen LogP contribution in [-0.2, 0) is 4.79 Å². The standard InChI is InChI=1S/C18H15Cl2N3O3/c19-11-7-8-13(15(10-11)23-9-3-6-16(23)24)18(26)22-21-17(25)12-4-1-2-5-14(12)20/h1-2,4-5,7-8,10H,3,6,9H2,(H,21,25)(H,22,26). The third kappa shape index (κ3) is 3.81. The predicted octanol–water partition coefficient (Wildman–Crippen LogP) is 3.20. The second kappa shape index (κ2) is 7.76. The average Bonchev–Trinajstić information content (AvgIpc) is 3.05. The molecule has 2 aromatic carbocycles. The van der Waals surface area contributed by atoms with Gasteiger partial charge in [0.25, 0.3) is 11.8 Å². The molecule has 134 valence electrons. The summed E-state index contributed by atoms with van der Waals surface area (Å²) < 4.78 is 0. The Hall–Kier alpha value is -2.57. The van der Waals surface area contributed by atoms with Crippen LogP contribution in [0.2, 0.25) is 10.0 Å². The minimum Gasteiger partial charge on any atom is -0.312 e. The third-order valence-electron chi connectivity index (χ3n) is 3.98. The summed E-state index contributed by atoms with van der Waals surface area (Å²) in [6.45, 7) is 0.519. The monoisotopic (exact) mass is 391 g/mol. The Morgan fingerprint density at radius 1 is 0.962 bits per heavy atom. The highest BCUT2D eigenvalue weighted by Gasteiger charge is 2.26. The Labute approximate surface area is 160 Å². The van der Waals surface area contributed by atoms with Crippen LogP contribution >= 0.6 is 23.2 Å². The van der Waals surface area contributed by atoms with Crippen molar-refractivity contribution in [2.24, 2.45) is 0 Å². The topological polar surface area (TPSA) is 78.5 Å². The van der Waals surface area contributed by atoms with Crippen LogP contribution < -0.4 is 15.8 Å². The maximum atomic E-state index is 12.5. The minimum atomic E-state index is -0.559. The molecule has 1 heterocycles. The van der Waals surface area contributed by atoms with Crippen LogP contribution in [0.3, 0.4) is 0 Å². The van der Waals surface area contributed by atoms with E-state index in [1.54, 1.807) is 36.4 Å². The van der Waals surface area contributed by atoms with Crippen molar-refractivity contribution in [2.75, 3.05) is 11.4 Å². The van der Waals surface area contributed by atoms with E-state index in [9.17, 15) is 14.4 Å². The van der Waals surface area contributed by atoms with Crippen molar-refractivity contribution >= 4 is 46.6 Å². The van der Waals surface area contributed by atoms with Gasteiger partial charge in [0.1, 0.15) is 0 Å². The van der Waals surface area contributed by atoms with Crippen molar-refractivity contribution in [3.05, 3.63) is 63.6 Å². The Bertz CT molecular complexity index is 886. The maximum absolute atomic E-state index is 12.5. The van der Waals surface area contributed by atoms with Crippen molar-refractivity contribution in [1.82, 2.24) is 10.9 Å². The molecule has 0 aliphatic carbocycles. The summed E-state index contributed by atoms with van der Waals surface area (Å²) in [6.07, 6.45) is 1.15. The van der Waals surface area contributed by atoms with Crippen LogP contribution in [0.25, 0.3) is 0 Å². The zero-order chi connectivity index (χ0) is 18.7. The SMILES string of the molecule is O=C(NNC(=O)c1ccc(Cl)cc1N1CCCC1=O)c1ccccc1Cl. The Balaban J connectivity index is 1.77. The Morgan fingerprint density at radius 3 is 2.31 bits per heavy atom. The van der Waals surface area contributed by atoms with E-state index in [0.717, 1.165) is 6.42 Å². The molecule has 2 N–H and O–H groups in total. The van der Waals surface area contributed by atoms with Crippen molar-refractivity contribution in [3.8, 4) is 0 Å². The maximum Gasteiger partial charge on any atom is 0.271 e. The number of halogens is 2. The highest BCUT2D eigenvalue weighted by Crippen LogP contribution is 2.28. The van der Waals surface area contributed by atoms with Gasteiger partial charge in [0.15, 0.2) is 0 Å². The number of hydrazine groups is 1. The molecular weight excluding hydrogens is 377 g/mol. The van der Waals surface area contributed by atoms with E-state index < -0.39 is 11.8 Å². The number of carbonyl (C=O) groups is 3. The lowest BCUT2D eigenvalue weighted by Crippen LogP contribution is -2.42. The lowest BCUT2D eigenvalue weighted by Gasteiger charge is -2.20. The first-order chi connectivity index (χ1) is 12.5. The highest BCUT2D eigenvalue weighted by molar-refractivity contribution is 6.33. The molecule has 1 aliphatic heterocycles. The zero-order valence-corrected chi connectivity index (χ0v) is 15.1. The van der Waals surface area contributed by atoms with E-state index in [1.807, 2.05) is 0 Å². The van der Waals surface area contributed by atoms with Gasteiger partial charge in [-0.15, -0.1) is 0 Å². The van der Waals surface area contributed by atoms with Crippen LogP contribution in [0.5, 0.6) is 0 Å². The van der Waals surface area contributed by atoms with Gasteiger partial charge in [0.05, 0.1) is 21.8 Å². The quantitative estimate of drug-likeness (QED) is 0.788. The van der Waals surface area contributed by atoms with Crippen LogP contribution in [0.15, 0.2) is 42.5 Å². The molecule has 0 saturated carbocycles. The molecule has 0 bridgehead atoms. The Kier molecular flexibility index (Phi) is 5.44. The molecular formula is C18H15Cl2N3O3. The number of rotatable bonds is 3. The first-order valence-corrected chi connectivity index (χ1v) is 8.68. The second-order valence-electron chi connectivity index (χ2n) is 5.70. The number of nitrogens with one attached hydrogen (secondary N) is 2. The minimum absolute atomic E-state index is 0.0681. The smallest absolute Gasteiger partial charge is 0.271 e. The summed E-state index contributed by atoms with van der Waals surface area (Å²) in [5.74, 6) is -1.17. The molecule has 0 spiro atoms. The summed E-state index contributed by atoms with van der Waals surface area (Å²) in [6, 6.07) is 11.1. The molecule has 2 aromatic rings. The molecule has 0 radical (unpaired) electrons. The number of benzene rings is 2. The molecule has 3 rings (SSSR count). The van der Waals surface area contributed by atoms with Gasteiger partial charge in [-0.3, -0.25) is 25.2 Å². The fourth-order valence-electron chi connectivity index (χ4n) is 2.72. The summed E-state index contributed by atoms with van der Waals surface area (Å²) in [7, 11) is 0. The molecule has 3 amide bonds. The van der Waals surface area contributed by atoms with Gasteiger partial charge < -0.3 is 4.90 Å². The van der Waals surface area contributed by atoms with Crippen molar-refractivity contribution in [2.45, 2.75) is 12.8 Å². The van der Waals surface area contributed by atoms with Gasteiger partial charge >= 0.3 is 0 Å². The third-order valence-corrected chi connectivity index (χ3v) is 4.54. The van der Waals surface area contributed by atoms with Gasteiger partial charge in [-0.25, -0.2) is 0 Å². The summed E-state index contributed by atoms with van der Waals surface area (Å²) in [5.41, 5.74) is 5.56. The number of anilines is 1. The van der Waals surface area contributed by atoms with Crippen molar-refractivity contribution < 1.29 is 14.4 Å². The fourth-order valence-corrected chi connectivity index (χ4v) is 3.10. The van der Waals surface area contributed by atoms with E-state index in [-0.39, 0.29) is 22.1 Å². The van der Waals surface area contributed by atoms with Crippen LogP contribution in [-0.4, -0.2) is 24.3 Å². The largest absolute Gasteiger partial charge is 0.312 e. The van der Waals surface area contributed by atoms with E-state index in [1.165, 1.54) is 11.0 Å². The number of carbonyl (C=O) groups excluding carboxylic acids is 3. The number of amides is 3. The first kappa shape index (κ1) is 18.2. The zero-order valence-electron chi connectivity index (χ0n) is 13.6. The average molecular weight is 392 g/mol. The Morgan fingerprint density at radius 2 is 1.65 bits per heavy atom. The lowest BCUT2D eigenvalue weighted by molar-refractivity contribution is -0.117. The summed E-state index contributed by atoms with van der Waals surface area (Å²) in [5, 5.41) is 0.686. The van der Waals surface area contributed by atoms with Crippen LogP contribution in [0, 0.1) is 0 Å². The molecule has 1 saturated heterocycles. The van der Waals surface area contributed by atoms with E-state index >= 15 is 0 Å². The van der Waals surface area contributed by atoms with Gasteiger partial charge in [-0.05, 0) is 36.8 Å². The predicted molar refractivity (Wildman–Crippen MR) is 99.4 cm³/mol. The van der Waals surface area contributed by atoms with E-state index in [0.29, 0.717) is 23.7 Å². The molecule has 0 atom stereocenters. The first-order valence-electron chi connectivity index (χ1n) is 7.92. The molecule has 1 fully saturated rings. The normalized spacial score (nSPS) is 13.6. The number of hydrogen-bond donors (Lipinski definition) is 2. The van der Waals surface area contributed by atoms with Gasteiger partial charge in [-0.2, -0.15) is 0 Å². The van der Waals surface area contributed by atoms with Gasteiger partial charge in [0.2, 0.25) is 5.91 Å². The molecule has 1 aliphatic rings. The second-order valence-corrected chi connectivity index (χ2v) is 6.54. The highest BCUT2D eigenvalue weighted by atomic mass is 35.5. The van der Waals surface area contributed by atoms with Crippen LogP contribution in [0.4, 0.5) is 5.69 Å². The number of nitrogens with zero attached hydrogens (tertiary/aromatic N) is 1. The number of hydrogen-bond acceptors (Lipinski definition) is 3. The lowest BCUT2D eigenvalue weighted by atomic mass is 10.1.